The standard InChI is InChI=1S/C21H32P.C13H9.2ClH.Zr/c1-3-5-7-11-15-22(16-12-8-6-4-2)21-17-19-13-9-10-14-20(19)18-21;1-3-7-12-10(5-1)9-11-6-2-4-8-13(11)12;;;/h9-10,13-14,17-18H,3-8,11-12,15-16H2,1-2H3;1-5,7-8H,9H2;2*1H;/q;;;;+2/p-2. The van der Waals surface area contributed by atoms with Crippen molar-refractivity contribution in [3.63, 3.8) is 0 Å². The first kappa shape index (κ1) is 31.8. The fourth-order valence-electron chi connectivity index (χ4n) is 6.01. The molecule has 5 rings (SSSR count). The molecule has 0 N–H and O–H groups in total. The topological polar surface area (TPSA) is 0 Å². The predicted octanol–water partition coefficient (Wildman–Crippen LogP) is 3.71. The number of rotatable bonds is 13. The molecule has 0 radical (unpaired) electrons. The minimum Gasteiger partial charge on any atom is -1.00 e. The van der Waals surface area contributed by atoms with Crippen LogP contribution in [0.2, 0.25) is 0 Å². The first-order valence-corrected chi connectivity index (χ1v) is 18.7. The van der Waals surface area contributed by atoms with Gasteiger partial charge in [-0.05, 0) is 0 Å². The van der Waals surface area contributed by atoms with Crippen molar-refractivity contribution in [2.45, 2.75) is 75.3 Å². The molecule has 3 aromatic rings. The van der Waals surface area contributed by atoms with Gasteiger partial charge in [-0.3, -0.25) is 0 Å². The molecule has 1 unspecified atom stereocenters. The molecule has 1 atom stereocenters. The van der Waals surface area contributed by atoms with Crippen LogP contribution in [0, 0.1) is 0 Å². The molecule has 0 spiro atoms. The largest absolute Gasteiger partial charge is 1.00 e. The van der Waals surface area contributed by atoms with E-state index in [1.807, 2.05) is 5.31 Å². The maximum absolute atomic E-state index is 2.67. The van der Waals surface area contributed by atoms with Gasteiger partial charge in [0.05, 0.1) is 0 Å². The third kappa shape index (κ3) is 7.32. The zero-order chi connectivity index (χ0) is 24.7. The Bertz CT molecular complexity index is 1190. The molecule has 2 aliphatic carbocycles. The van der Waals surface area contributed by atoms with E-state index in [2.05, 4.69) is 86.7 Å². The molecule has 0 aromatic heterocycles. The van der Waals surface area contributed by atoms with Gasteiger partial charge in [0.15, 0.2) is 0 Å². The molecule has 0 heterocycles. The molecular weight excluding hydrogens is 601 g/mol. The van der Waals surface area contributed by atoms with E-state index in [1.165, 1.54) is 85.9 Å². The predicted molar refractivity (Wildman–Crippen MR) is 156 cm³/mol. The fourth-order valence-corrected chi connectivity index (χ4v) is 14.3. The molecule has 0 nitrogen and oxygen atoms in total. The molecule has 0 saturated carbocycles. The first-order chi connectivity index (χ1) is 17.8. The monoisotopic (exact) mass is 640 g/mol. The van der Waals surface area contributed by atoms with E-state index in [9.17, 15) is 0 Å². The third-order valence-electron chi connectivity index (χ3n) is 7.99. The van der Waals surface area contributed by atoms with Crippen LogP contribution in [-0.4, -0.2) is 12.3 Å². The Kier molecular flexibility index (Phi) is 13.3. The van der Waals surface area contributed by atoms with Gasteiger partial charge in [0.1, 0.15) is 0 Å². The Morgan fingerprint density at radius 2 is 1.37 bits per heavy atom. The zero-order valence-corrected chi connectivity index (χ0v) is 27.9. The molecule has 2 aliphatic rings. The summed E-state index contributed by atoms with van der Waals surface area (Å²) in [6, 6.07) is 25.7. The number of benzene rings is 3. The normalized spacial score (nSPS) is 14.6. The van der Waals surface area contributed by atoms with Gasteiger partial charge in [-0.1, -0.05) is 0 Å². The third-order valence-corrected chi connectivity index (χ3v) is 15.6. The van der Waals surface area contributed by atoms with Crippen LogP contribution in [0.15, 0.2) is 72.0 Å². The molecule has 38 heavy (non-hydrogen) atoms. The summed E-state index contributed by atoms with van der Waals surface area (Å²) in [6.45, 7) is 4.67. The van der Waals surface area contributed by atoms with Crippen LogP contribution in [-0.2, 0) is 29.7 Å². The van der Waals surface area contributed by atoms with Crippen molar-refractivity contribution in [2.24, 2.45) is 0 Å². The molecule has 0 saturated heterocycles. The second kappa shape index (κ2) is 15.9. The van der Waals surface area contributed by atoms with Crippen LogP contribution >= 0.6 is 7.92 Å². The molecule has 0 bridgehead atoms. The van der Waals surface area contributed by atoms with Crippen molar-refractivity contribution in [1.82, 2.24) is 0 Å². The maximum atomic E-state index is 2.67. The Balaban J connectivity index is 0.00000200. The van der Waals surface area contributed by atoms with E-state index >= 15 is 0 Å². The maximum Gasteiger partial charge on any atom is -1.00 e. The average Bonchev–Trinajstić information content (AvgIpc) is 3.47. The Labute approximate surface area is 256 Å². The van der Waals surface area contributed by atoms with E-state index in [4.69, 9.17) is 0 Å². The molecule has 0 aliphatic heterocycles. The van der Waals surface area contributed by atoms with Crippen molar-refractivity contribution in [3.05, 3.63) is 94.3 Å². The number of halogens is 2. The first-order valence-electron chi connectivity index (χ1n) is 14.3. The molecule has 4 heteroatoms. The van der Waals surface area contributed by atoms with Crippen molar-refractivity contribution >= 4 is 17.3 Å². The number of hydrogen-bond donors (Lipinski definition) is 0. The van der Waals surface area contributed by atoms with Gasteiger partial charge in [-0.2, -0.15) is 0 Å². The van der Waals surface area contributed by atoms with Crippen LogP contribution in [0.1, 0.15) is 91.1 Å². The van der Waals surface area contributed by atoms with Gasteiger partial charge in [-0.15, -0.1) is 0 Å². The molecule has 0 amide bonds. The smallest absolute Gasteiger partial charge is 1.00 e. The van der Waals surface area contributed by atoms with Crippen LogP contribution in [0.25, 0.3) is 17.2 Å². The Morgan fingerprint density at radius 1 is 0.711 bits per heavy atom. The summed E-state index contributed by atoms with van der Waals surface area (Å²) >= 11 is -0.856. The number of hydrogen-bond acceptors (Lipinski definition) is 0. The Morgan fingerprint density at radius 3 is 2.11 bits per heavy atom. The van der Waals surface area contributed by atoms with Gasteiger partial charge in [-0.25, -0.2) is 0 Å². The average molecular weight is 643 g/mol. The van der Waals surface area contributed by atoms with Crippen molar-refractivity contribution in [2.75, 3.05) is 12.3 Å². The van der Waals surface area contributed by atoms with Crippen molar-refractivity contribution in [1.29, 1.82) is 0 Å². The second-order valence-electron chi connectivity index (χ2n) is 10.5. The molecule has 0 fully saturated rings. The fraction of sp³-hybridized carbons (Fsp3) is 0.412. The minimum atomic E-state index is -0.856. The summed E-state index contributed by atoms with van der Waals surface area (Å²) in [5.41, 5.74) is 9.36. The summed E-state index contributed by atoms with van der Waals surface area (Å²) in [7, 11) is -0.0258. The number of allylic oxidation sites excluding steroid dienone is 1. The van der Waals surface area contributed by atoms with E-state index in [-0.39, 0.29) is 32.7 Å². The molecule has 200 valence electrons. The van der Waals surface area contributed by atoms with Crippen LogP contribution in [0.5, 0.6) is 0 Å². The van der Waals surface area contributed by atoms with Gasteiger partial charge in [0.2, 0.25) is 0 Å². The number of unbranched alkanes of at least 4 members (excludes halogenated alkanes) is 6. The summed E-state index contributed by atoms with van der Waals surface area (Å²) in [4.78, 5) is 0. The summed E-state index contributed by atoms with van der Waals surface area (Å²) in [6.07, 6.45) is 17.9. The molecule has 3 aromatic carbocycles. The van der Waals surface area contributed by atoms with Crippen molar-refractivity contribution < 1.29 is 48.0 Å². The van der Waals surface area contributed by atoms with Crippen LogP contribution in [0.4, 0.5) is 0 Å². The summed E-state index contributed by atoms with van der Waals surface area (Å²) < 4.78 is 2.47. The Hall–Kier alpha value is -0.707. The second-order valence-corrected chi connectivity index (χ2v) is 16.5. The van der Waals surface area contributed by atoms with E-state index < -0.39 is 23.2 Å². The quantitative estimate of drug-likeness (QED) is 0.154. The van der Waals surface area contributed by atoms with E-state index in [0.717, 1.165) is 10.0 Å². The van der Waals surface area contributed by atoms with E-state index in [0.29, 0.717) is 0 Å². The summed E-state index contributed by atoms with van der Waals surface area (Å²) in [5, 5.41) is 1.87. The zero-order valence-electron chi connectivity index (χ0n) is 23.0. The van der Waals surface area contributed by atoms with Gasteiger partial charge in [0, 0.05) is 0 Å². The summed E-state index contributed by atoms with van der Waals surface area (Å²) in [5.74, 6) is 0. The number of fused-ring (bicyclic) bond motifs is 4. The molecular formula is C34H41Cl2PZr. The van der Waals surface area contributed by atoms with Crippen LogP contribution in [0.3, 0.4) is 0 Å². The van der Waals surface area contributed by atoms with E-state index in [1.54, 1.807) is 14.4 Å². The SMILES string of the molecule is CCCCCCP(CCCCCC)C1=Cc2ccccc2[CH]1[Zr+2][c]1cccc2c1Cc1ccccc1-2.[Cl-].[Cl-]. The van der Waals surface area contributed by atoms with Gasteiger partial charge >= 0.3 is 234 Å². The van der Waals surface area contributed by atoms with Crippen molar-refractivity contribution in [3.8, 4) is 11.1 Å². The van der Waals surface area contributed by atoms with Crippen LogP contribution < -0.4 is 28.1 Å². The van der Waals surface area contributed by atoms with Gasteiger partial charge in [0.25, 0.3) is 0 Å². The van der Waals surface area contributed by atoms with Gasteiger partial charge < -0.3 is 24.8 Å². The minimum absolute atomic E-state index is 0.